The van der Waals surface area contributed by atoms with E-state index in [2.05, 4.69) is 43.4 Å². The summed E-state index contributed by atoms with van der Waals surface area (Å²) in [5.41, 5.74) is 2.38. The first-order valence-corrected chi connectivity index (χ1v) is 7.65. The van der Waals surface area contributed by atoms with Crippen LogP contribution in [0.1, 0.15) is 35.4 Å². The first-order valence-electron chi connectivity index (χ1n) is 6.77. The van der Waals surface area contributed by atoms with Gasteiger partial charge in [0.2, 0.25) is 5.91 Å². The average molecular weight is 285 g/mol. The van der Waals surface area contributed by atoms with Gasteiger partial charge in [0.1, 0.15) is 0 Å². The van der Waals surface area contributed by atoms with Crippen LogP contribution in [0, 0.1) is 6.92 Å². The van der Waals surface area contributed by atoms with Gasteiger partial charge in [-0.25, -0.2) is 0 Å². The fraction of sp³-hybridized carbons (Fsp3) is 0.235. The number of aryl methyl sites for hydroxylation is 1. The quantitative estimate of drug-likeness (QED) is 0.814. The molecule has 2 nitrogen and oxygen atoms in total. The van der Waals surface area contributed by atoms with Crippen molar-refractivity contribution in [3.63, 3.8) is 0 Å². The Bertz CT molecular complexity index is 570. The molecule has 0 fully saturated rings. The van der Waals surface area contributed by atoms with Crippen molar-refractivity contribution in [1.82, 2.24) is 5.32 Å². The summed E-state index contributed by atoms with van der Waals surface area (Å²) in [5.74, 6) is -0.0502. The molecule has 0 spiro atoms. The number of hydrogen-bond acceptors (Lipinski definition) is 2. The molecule has 1 N–H and O–H groups in total. The van der Waals surface area contributed by atoms with Crippen LogP contribution in [-0.4, -0.2) is 5.91 Å². The molecule has 0 saturated heterocycles. The highest BCUT2D eigenvalue weighted by molar-refractivity contribution is 7.10. The Hall–Kier alpha value is -1.87. The minimum atomic E-state index is -0.0502. The van der Waals surface area contributed by atoms with Gasteiger partial charge in [-0.3, -0.25) is 4.79 Å². The highest BCUT2D eigenvalue weighted by Gasteiger charge is 2.10. The third kappa shape index (κ3) is 4.07. The van der Waals surface area contributed by atoms with Crippen molar-refractivity contribution in [2.24, 2.45) is 0 Å². The van der Waals surface area contributed by atoms with Gasteiger partial charge in [-0.05, 0) is 36.4 Å². The molecule has 1 aromatic heterocycles. The molecule has 0 aliphatic heterocycles. The van der Waals surface area contributed by atoms with Crippen LogP contribution < -0.4 is 5.32 Å². The van der Waals surface area contributed by atoms with Crippen LogP contribution in [0.5, 0.6) is 0 Å². The molecule has 2 aromatic rings. The number of carbonyl (C=O) groups is 1. The summed E-state index contributed by atoms with van der Waals surface area (Å²) in [6, 6.07) is 12.3. The number of nitrogens with one attached hydrogen (secondary N) is 1. The molecule has 0 bridgehead atoms. The lowest BCUT2D eigenvalue weighted by Gasteiger charge is -2.16. The van der Waals surface area contributed by atoms with Crippen molar-refractivity contribution >= 4 is 23.3 Å². The number of amides is 1. The lowest BCUT2D eigenvalue weighted by molar-refractivity contribution is -0.117. The average Bonchev–Trinajstić information content (AvgIpc) is 2.97. The maximum Gasteiger partial charge on any atom is 0.244 e. The van der Waals surface area contributed by atoms with Crippen molar-refractivity contribution in [1.29, 1.82) is 0 Å². The summed E-state index contributed by atoms with van der Waals surface area (Å²) >= 11 is 1.62. The van der Waals surface area contributed by atoms with Crippen molar-refractivity contribution in [2.45, 2.75) is 26.3 Å². The predicted molar refractivity (Wildman–Crippen MR) is 85.7 cm³/mol. The van der Waals surface area contributed by atoms with Crippen LogP contribution in [0.25, 0.3) is 6.08 Å². The molecule has 20 heavy (non-hydrogen) atoms. The monoisotopic (exact) mass is 285 g/mol. The van der Waals surface area contributed by atoms with Gasteiger partial charge >= 0.3 is 0 Å². The van der Waals surface area contributed by atoms with Gasteiger partial charge in [-0.1, -0.05) is 42.8 Å². The molecule has 1 amide bonds. The van der Waals surface area contributed by atoms with Gasteiger partial charge in [-0.15, -0.1) is 11.3 Å². The Morgan fingerprint density at radius 1 is 1.30 bits per heavy atom. The van der Waals surface area contributed by atoms with E-state index in [9.17, 15) is 4.79 Å². The lowest BCUT2D eigenvalue weighted by atomic mass is 10.0. The fourth-order valence-electron chi connectivity index (χ4n) is 1.98. The summed E-state index contributed by atoms with van der Waals surface area (Å²) in [4.78, 5) is 13.0. The molecule has 0 radical (unpaired) electrons. The van der Waals surface area contributed by atoms with Crippen LogP contribution in [-0.2, 0) is 4.79 Å². The lowest BCUT2D eigenvalue weighted by Crippen LogP contribution is -2.26. The Kier molecular flexibility index (Phi) is 5.13. The van der Waals surface area contributed by atoms with Gasteiger partial charge in [0, 0.05) is 11.0 Å². The van der Waals surface area contributed by atoms with E-state index in [-0.39, 0.29) is 11.9 Å². The molecule has 3 heteroatoms. The molecule has 1 aromatic carbocycles. The van der Waals surface area contributed by atoms with Crippen molar-refractivity contribution in [3.05, 3.63) is 63.9 Å². The van der Waals surface area contributed by atoms with Gasteiger partial charge in [0.05, 0.1) is 6.04 Å². The summed E-state index contributed by atoms with van der Waals surface area (Å²) in [7, 11) is 0. The van der Waals surface area contributed by atoms with Crippen molar-refractivity contribution in [3.8, 4) is 0 Å². The first kappa shape index (κ1) is 14.5. The third-order valence-corrected chi connectivity index (χ3v) is 3.98. The Balaban J connectivity index is 1.99. The molecule has 0 aliphatic carbocycles. The summed E-state index contributed by atoms with van der Waals surface area (Å²) < 4.78 is 0. The Morgan fingerprint density at radius 2 is 2.05 bits per heavy atom. The molecule has 0 aliphatic rings. The molecular weight excluding hydrogens is 266 g/mol. The maximum atomic E-state index is 12.0. The van der Waals surface area contributed by atoms with E-state index in [1.54, 1.807) is 17.4 Å². The van der Waals surface area contributed by atoms with E-state index in [1.165, 1.54) is 5.56 Å². The van der Waals surface area contributed by atoms with Crippen molar-refractivity contribution < 1.29 is 4.79 Å². The van der Waals surface area contributed by atoms with Gasteiger partial charge in [0.25, 0.3) is 0 Å². The molecule has 0 saturated carbocycles. The predicted octanol–water partition coefficient (Wildman–Crippen LogP) is 4.34. The third-order valence-electron chi connectivity index (χ3n) is 3.15. The highest BCUT2D eigenvalue weighted by atomic mass is 32.1. The fourth-order valence-corrected chi connectivity index (χ4v) is 2.60. The van der Waals surface area contributed by atoms with Crippen LogP contribution in [0.3, 0.4) is 0 Å². The SMILES string of the molecule is CCC(NC(=O)/C=C/c1cccs1)c1ccc(C)cc1. The number of hydrogen-bond donors (Lipinski definition) is 1. The van der Waals surface area contributed by atoms with E-state index in [4.69, 9.17) is 0 Å². The zero-order chi connectivity index (χ0) is 14.4. The standard InChI is InChI=1S/C17H19NOS/c1-3-16(14-8-6-13(2)7-9-14)18-17(19)11-10-15-5-4-12-20-15/h4-12,16H,3H2,1-2H3,(H,18,19)/b11-10+. The number of rotatable bonds is 5. The molecule has 1 unspecified atom stereocenters. The molecule has 1 heterocycles. The Labute approximate surface area is 124 Å². The second-order valence-corrected chi connectivity index (χ2v) is 5.71. The van der Waals surface area contributed by atoms with E-state index in [1.807, 2.05) is 23.6 Å². The van der Waals surface area contributed by atoms with Gasteiger partial charge < -0.3 is 5.32 Å². The second-order valence-electron chi connectivity index (χ2n) is 4.73. The van der Waals surface area contributed by atoms with Crippen LogP contribution in [0.15, 0.2) is 47.9 Å². The number of thiophene rings is 1. The number of benzene rings is 1. The van der Waals surface area contributed by atoms with E-state index < -0.39 is 0 Å². The van der Waals surface area contributed by atoms with Crippen LogP contribution >= 0.6 is 11.3 Å². The van der Waals surface area contributed by atoms with E-state index >= 15 is 0 Å². The molecule has 104 valence electrons. The summed E-state index contributed by atoms with van der Waals surface area (Å²) in [6.07, 6.45) is 4.33. The van der Waals surface area contributed by atoms with Gasteiger partial charge in [-0.2, -0.15) is 0 Å². The Morgan fingerprint density at radius 3 is 2.65 bits per heavy atom. The normalized spacial score (nSPS) is 12.5. The minimum Gasteiger partial charge on any atom is -0.346 e. The maximum absolute atomic E-state index is 12.0. The van der Waals surface area contributed by atoms with E-state index in [0.29, 0.717) is 0 Å². The molecule has 1 atom stereocenters. The molecule has 2 rings (SSSR count). The van der Waals surface area contributed by atoms with Crippen LogP contribution in [0.4, 0.5) is 0 Å². The first-order chi connectivity index (χ1) is 9.69. The van der Waals surface area contributed by atoms with Gasteiger partial charge in [0.15, 0.2) is 0 Å². The zero-order valence-electron chi connectivity index (χ0n) is 11.8. The highest BCUT2D eigenvalue weighted by Crippen LogP contribution is 2.17. The number of carbonyl (C=O) groups excluding carboxylic acids is 1. The minimum absolute atomic E-state index is 0.0502. The largest absolute Gasteiger partial charge is 0.346 e. The summed E-state index contributed by atoms with van der Waals surface area (Å²) in [6.45, 7) is 4.14. The van der Waals surface area contributed by atoms with E-state index in [0.717, 1.165) is 16.9 Å². The summed E-state index contributed by atoms with van der Waals surface area (Å²) in [5, 5.41) is 5.04. The smallest absolute Gasteiger partial charge is 0.244 e. The van der Waals surface area contributed by atoms with Crippen LogP contribution in [0.2, 0.25) is 0 Å². The topological polar surface area (TPSA) is 29.1 Å². The zero-order valence-corrected chi connectivity index (χ0v) is 12.6. The molecular formula is C17H19NOS. The van der Waals surface area contributed by atoms with Crippen molar-refractivity contribution in [2.75, 3.05) is 0 Å². The second kappa shape index (κ2) is 7.06.